The molecular weight excluding hydrogens is 362 g/mol. The van der Waals surface area contributed by atoms with Crippen LogP contribution in [0.25, 0.3) is 0 Å². The maximum atomic E-state index is 12.3. The van der Waals surface area contributed by atoms with E-state index < -0.39 is 30.0 Å². The van der Waals surface area contributed by atoms with E-state index in [9.17, 15) is 19.5 Å². The standard InChI is InChI=1S/C20H23N3O5/c1-13(22-20(27)28-12-15-5-3-2-4-6-15)19(26)23-17(18(21)25)11-14-7-9-16(24)10-8-14/h2-10,13,17,24H,11-12H2,1H3,(H2,21,25)(H,22,27)(H,23,26)/t13-,17-/m1/s1. The fraction of sp³-hybridized carbons (Fsp3) is 0.250. The van der Waals surface area contributed by atoms with Crippen molar-refractivity contribution in [1.82, 2.24) is 10.6 Å². The van der Waals surface area contributed by atoms with Gasteiger partial charge < -0.3 is 26.2 Å². The summed E-state index contributed by atoms with van der Waals surface area (Å²) in [5.41, 5.74) is 6.89. The SMILES string of the molecule is C[C@@H](NC(=O)OCc1ccccc1)C(=O)N[C@H](Cc1ccc(O)cc1)C(N)=O. The third-order valence-electron chi connectivity index (χ3n) is 3.98. The number of phenolic OH excluding ortho intramolecular Hbond substituents is 1. The highest BCUT2D eigenvalue weighted by atomic mass is 16.5. The Morgan fingerprint density at radius 1 is 1.00 bits per heavy atom. The normalized spacial score (nSPS) is 12.5. The van der Waals surface area contributed by atoms with Crippen molar-refractivity contribution in [2.45, 2.75) is 32.0 Å². The van der Waals surface area contributed by atoms with Crippen LogP contribution >= 0.6 is 0 Å². The largest absolute Gasteiger partial charge is 0.508 e. The number of carbonyl (C=O) groups is 3. The van der Waals surface area contributed by atoms with E-state index >= 15 is 0 Å². The summed E-state index contributed by atoms with van der Waals surface area (Å²) in [4.78, 5) is 35.8. The molecule has 0 saturated carbocycles. The predicted molar refractivity (Wildman–Crippen MR) is 102 cm³/mol. The summed E-state index contributed by atoms with van der Waals surface area (Å²) in [5.74, 6) is -1.19. The van der Waals surface area contributed by atoms with Gasteiger partial charge in [0, 0.05) is 6.42 Å². The Bertz CT molecular complexity index is 808. The second kappa shape index (κ2) is 9.96. The lowest BCUT2D eigenvalue weighted by molar-refractivity contribution is -0.128. The van der Waals surface area contributed by atoms with Gasteiger partial charge in [0.05, 0.1) is 0 Å². The smallest absolute Gasteiger partial charge is 0.408 e. The van der Waals surface area contributed by atoms with E-state index in [1.54, 1.807) is 12.1 Å². The van der Waals surface area contributed by atoms with Crippen molar-refractivity contribution in [3.63, 3.8) is 0 Å². The molecule has 0 saturated heterocycles. The van der Waals surface area contributed by atoms with Crippen molar-refractivity contribution < 1.29 is 24.2 Å². The van der Waals surface area contributed by atoms with Gasteiger partial charge in [-0.15, -0.1) is 0 Å². The van der Waals surface area contributed by atoms with Crippen LogP contribution in [0.3, 0.4) is 0 Å². The number of aromatic hydroxyl groups is 1. The van der Waals surface area contributed by atoms with Crippen LogP contribution in [0, 0.1) is 0 Å². The zero-order chi connectivity index (χ0) is 20.5. The van der Waals surface area contributed by atoms with Crippen LogP contribution < -0.4 is 16.4 Å². The summed E-state index contributed by atoms with van der Waals surface area (Å²) in [7, 11) is 0. The molecule has 0 aliphatic carbocycles. The number of rotatable bonds is 8. The summed E-state index contributed by atoms with van der Waals surface area (Å²) >= 11 is 0. The van der Waals surface area contributed by atoms with Crippen LogP contribution in [0.4, 0.5) is 4.79 Å². The van der Waals surface area contributed by atoms with E-state index in [2.05, 4.69) is 10.6 Å². The number of primary amides is 1. The second-order valence-electron chi connectivity index (χ2n) is 6.26. The second-order valence-corrected chi connectivity index (χ2v) is 6.26. The van der Waals surface area contributed by atoms with Crippen LogP contribution in [0.15, 0.2) is 54.6 Å². The lowest BCUT2D eigenvalue weighted by Gasteiger charge is -2.19. The molecule has 0 aliphatic heterocycles. The van der Waals surface area contributed by atoms with E-state index in [-0.39, 0.29) is 18.8 Å². The highest BCUT2D eigenvalue weighted by molar-refractivity contribution is 5.90. The van der Waals surface area contributed by atoms with E-state index in [1.165, 1.54) is 19.1 Å². The van der Waals surface area contributed by atoms with Gasteiger partial charge in [-0.1, -0.05) is 42.5 Å². The highest BCUT2D eigenvalue weighted by Gasteiger charge is 2.23. The molecule has 5 N–H and O–H groups in total. The molecule has 8 nitrogen and oxygen atoms in total. The van der Waals surface area contributed by atoms with Crippen molar-refractivity contribution in [2.75, 3.05) is 0 Å². The third-order valence-corrected chi connectivity index (χ3v) is 3.98. The molecule has 0 bridgehead atoms. The molecule has 0 heterocycles. The summed E-state index contributed by atoms with van der Waals surface area (Å²) in [6.45, 7) is 1.55. The number of hydrogen-bond acceptors (Lipinski definition) is 5. The molecular formula is C20H23N3O5. The average Bonchev–Trinajstić information content (AvgIpc) is 2.68. The number of benzene rings is 2. The van der Waals surface area contributed by atoms with Gasteiger partial charge in [0.2, 0.25) is 11.8 Å². The number of alkyl carbamates (subject to hydrolysis) is 1. The fourth-order valence-electron chi connectivity index (χ4n) is 2.39. The Morgan fingerprint density at radius 2 is 1.64 bits per heavy atom. The van der Waals surface area contributed by atoms with Gasteiger partial charge in [0.15, 0.2) is 0 Å². The highest BCUT2D eigenvalue weighted by Crippen LogP contribution is 2.11. The average molecular weight is 385 g/mol. The Morgan fingerprint density at radius 3 is 2.25 bits per heavy atom. The maximum Gasteiger partial charge on any atom is 0.408 e. The molecule has 8 heteroatoms. The van der Waals surface area contributed by atoms with Crippen molar-refractivity contribution in [3.8, 4) is 5.75 Å². The molecule has 0 unspecified atom stereocenters. The first-order valence-corrected chi connectivity index (χ1v) is 8.70. The summed E-state index contributed by atoms with van der Waals surface area (Å²) in [5, 5.41) is 14.2. The van der Waals surface area contributed by atoms with Crippen LogP contribution in [0.5, 0.6) is 5.75 Å². The minimum atomic E-state index is -0.957. The molecule has 2 aromatic carbocycles. The minimum absolute atomic E-state index is 0.0752. The van der Waals surface area contributed by atoms with Gasteiger partial charge in [-0.05, 0) is 30.2 Å². The maximum absolute atomic E-state index is 12.3. The Balaban J connectivity index is 1.85. The Hall–Kier alpha value is -3.55. The lowest BCUT2D eigenvalue weighted by Crippen LogP contribution is -2.52. The summed E-state index contributed by atoms with van der Waals surface area (Å²) in [6.07, 6.45) is -0.590. The molecule has 28 heavy (non-hydrogen) atoms. The number of ether oxygens (including phenoxy) is 1. The van der Waals surface area contributed by atoms with Crippen LogP contribution in [-0.2, 0) is 27.4 Å². The Labute approximate surface area is 162 Å². The molecule has 2 rings (SSSR count). The number of nitrogens with two attached hydrogens (primary N) is 1. The Kier molecular flexibility index (Phi) is 7.38. The molecule has 0 aliphatic rings. The van der Waals surface area contributed by atoms with Gasteiger partial charge in [-0.25, -0.2) is 4.79 Å². The topological polar surface area (TPSA) is 131 Å². The minimum Gasteiger partial charge on any atom is -0.508 e. The number of amides is 3. The molecule has 0 spiro atoms. The quantitative estimate of drug-likeness (QED) is 0.543. The molecule has 0 fully saturated rings. The predicted octanol–water partition coefficient (Wildman–Crippen LogP) is 1.22. The first kappa shape index (κ1) is 20.8. The molecule has 2 atom stereocenters. The van der Waals surface area contributed by atoms with Gasteiger partial charge in [-0.3, -0.25) is 9.59 Å². The number of phenols is 1. The van der Waals surface area contributed by atoms with Crippen molar-refractivity contribution >= 4 is 17.9 Å². The monoisotopic (exact) mass is 385 g/mol. The third kappa shape index (κ3) is 6.64. The van der Waals surface area contributed by atoms with E-state index in [0.717, 1.165) is 5.56 Å². The van der Waals surface area contributed by atoms with Crippen LogP contribution in [0.2, 0.25) is 0 Å². The molecule has 0 radical (unpaired) electrons. The van der Waals surface area contributed by atoms with Crippen molar-refractivity contribution in [1.29, 1.82) is 0 Å². The fourth-order valence-corrected chi connectivity index (χ4v) is 2.39. The molecule has 3 amide bonds. The van der Waals surface area contributed by atoms with Crippen molar-refractivity contribution in [2.24, 2.45) is 5.73 Å². The van der Waals surface area contributed by atoms with Crippen molar-refractivity contribution in [3.05, 3.63) is 65.7 Å². The number of hydrogen-bond donors (Lipinski definition) is 4. The first-order valence-electron chi connectivity index (χ1n) is 8.70. The summed E-state index contributed by atoms with van der Waals surface area (Å²) in [6, 6.07) is 13.4. The van der Waals surface area contributed by atoms with Crippen LogP contribution in [-0.4, -0.2) is 35.1 Å². The number of carbonyl (C=O) groups excluding carboxylic acids is 3. The van der Waals surface area contributed by atoms with E-state index in [1.807, 2.05) is 30.3 Å². The van der Waals surface area contributed by atoms with E-state index in [0.29, 0.717) is 5.56 Å². The first-order chi connectivity index (χ1) is 13.3. The van der Waals surface area contributed by atoms with E-state index in [4.69, 9.17) is 10.5 Å². The molecule has 2 aromatic rings. The summed E-state index contributed by atoms with van der Waals surface area (Å²) < 4.78 is 5.06. The molecule has 0 aromatic heterocycles. The van der Waals surface area contributed by atoms with Gasteiger partial charge in [-0.2, -0.15) is 0 Å². The lowest BCUT2D eigenvalue weighted by atomic mass is 10.0. The van der Waals surface area contributed by atoms with Crippen LogP contribution in [0.1, 0.15) is 18.1 Å². The zero-order valence-electron chi connectivity index (χ0n) is 15.4. The van der Waals surface area contributed by atoms with Gasteiger partial charge in [0.25, 0.3) is 0 Å². The van der Waals surface area contributed by atoms with Gasteiger partial charge in [0.1, 0.15) is 24.4 Å². The molecule has 148 valence electrons. The zero-order valence-corrected chi connectivity index (χ0v) is 15.4. The number of nitrogens with one attached hydrogen (secondary N) is 2. The van der Waals surface area contributed by atoms with Gasteiger partial charge >= 0.3 is 6.09 Å².